The summed E-state index contributed by atoms with van der Waals surface area (Å²) >= 11 is 12.3. The molecule has 0 saturated heterocycles. The van der Waals surface area contributed by atoms with E-state index in [2.05, 4.69) is 5.32 Å². The molecule has 100 valence electrons. The van der Waals surface area contributed by atoms with Crippen molar-refractivity contribution in [3.8, 4) is 5.75 Å². The summed E-state index contributed by atoms with van der Waals surface area (Å²) in [5, 5.41) is 4.65. The number of hydrogen-bond acceptors (Lipinski definition) is 2. The van der Waals surface area contributed by atoms with Crippen molar-refractivity contribution >= 4 is 28.9 Å². The van der Waals surface area contributed by atoms with Crippen LogP contribution >= 0.6 is 23.2 Å². The number of rotatable bonds is 4. The minimum atomic E-state index is 0.588. The van der Waals surface area contributed by atoms with Crippen LogP contribution in [0.25, 0.3) is 0 Å². The number of nitrogens with one attached hydrogen (secondary N) is 1. The van der Waals surface area contributed by atoms with Crippen molar-refractivity contribution in [3.63, 3.8) is 0 Å². The highest BCUT2D eigenvalue weighted by atomic mass is 35.5. The zero-order valence-corrected chi connectivity index (χ0v) is 12.3. The molecule has 0 bridgehead atoms. The number of benzene rings is 2. The second-order valence-electron chi connectivity index (χ2n) is 4.24. The van der Waals surface area contributed by atoms with Crippen molar-refractivity contribution in [2.24, 2.45) is 0 Å². The third kappa shape index (κ3) is 3.34. The number of methoxy groups -OCH3 is 1. The number of aryl methyl sites for hydroxylation is 1. The lowest BCUT2D eigenvalue weighted by molar-refractivity contribution is 0.412. The number of ether oxygens (including phenoxy) is 1. The van der Waals surface area contributed by atoms with E-state index in [0.717, 1.165) is 22.6 Å². The van der Waals surface area contributed by atoms with Gasteiger partial charge in [0.2, 0.25) is 0 Å². The quantitative estimate of drug-likeness (QED) is 0.864. The summed E-state index contributed by atoms with van der Waals surface area (Å²) in [6.45, 7) is 2.59. The van der Waals surface area contributed by atoms with Gasteiger partial charge in [-0.25, -0.2) is 0 Å². The lowest BCUT2D eigenvalue weighted by Crippen LogP contribution is -2.01. The number of halogens is 2. The van der Waals surface area contributed by atoms with Crippen molar-refractivity contribution in [2.45, 2.75) is 13.5 Å². The van der Waals surface area contributed by atoms with E-state index in [1.54, 1.807) is 7.11 Å². The van der Waals surface area contributed by atoms with E-state index >= 15 is 0 Å². The average Bonchev–Trinajstić information content (AvgIpc) is 2.38. The summed E-state index contributed by atoms with van der Waals surface area (Å²) in [5.74, 6) is 0.876. The molecule has 0 atom stereocenters. The van der Waals surface area contributed by atoms with Gasteiger partial charge in [-0.05, 0) is 42.8 Å². The van der Waals surface area contributed by atoms with Crippen molar-refractivity contribution in [1.82, 2.24) is 0 Å². The molecule has 2 aromatic rings. The molecule has 0 aliphatic carbocycles. The molecule has 0 amide bonds. The second-order valence-corrected chi connectivity index (χ2v) is 5.05. The molecule has 4 heteroatoms. The molecular weight excluding hydrogens is 281 g/mol. The fourth-order valence-electron chi connectivity index (χ4n) is 1.88. The van der Waals surface area contributed by atoms with E-state index in [1.807, 2.05) is 43.3 Å². The topological polar surface area (TPSA) is 21.3 Å². The highest BCUT2D eigenvalue weighted by Gasteiger charge is 2.05. The largest absolute Gasteiger partial charge is 0.496 e. The van der Waals surface area contributed by atoms with Crippen LogP contribution in [0.5, 0.6) is 5.75 Å². The van der Waals surface area contributed by atoms with E-state index in [4.69, 9.17) is 27.9 Å². The van der Waals surface area contributed by atoms with Crippen LogP contribution in [0.15, 0.2) is 36.4 Å². The normalized spacial score (nSPS) is 10.3. The third-order valence-electron chi connectivity index (χ3n) is 2.93. The lowest BCUT2D eigenvalue weighted by atomic mass is 10.2. The van der Waals surface area contributed by atoms with Crippen LogP contribution in [-0.4, -0.2) is 7.11 Å². The summed E-state index contributed by atoms with van der Waals surface area (Å²) in [6, 6.07) is 11.4. The van der Waals surface area contributed by atoms with Crippen LogP contribution in [0.3, 0.4) is 0 Å². The van der Waals surface area contributed by atoms with Gasteiger partial charge in [-0.2, -0.15) is 0 Å². The predicted molar refractivity (Wildman–Crippen MR) is 81.5 cm³/mol. The van der Waals surface area contributed by atoms with Crippen LogP contribution in [0.4, 0.5) is 5.69 Å². The fourth-order valence-corrected chi connectivity index (χ4v) is 2.41. The molecule has 2 nitrogen and oxygen atoms in total. The molecular formula is C15H15Cl2NO. The average molecular weight is 296 g/mol. The molecule has 0 aromatic heterocycles. The molecule has 0 radical (unpaired) electrons. The fraction of sp³-hybridized carbons (Fsp3) is 0.200. The van der Waals surface area contributed by atoms with Crippen molar-refractivity contribution in [2.75, 3.05) is 12.4 Å². The first-order valence-electron chi connectivity index (χ1n) is 5.93. The van der Waals surface area contributed by atoms with Crippen molar-refractivity contribution < 1.29 is 4.74 Å². The maximum Gasteiger partial charge on any atom is 0.121 e. The Kier molecular flexibility index (Phi) is 4.56. The molecule has 0 fully saturated rings. The Balaban J connectivity index is 2.13. The monoisotopic (exact) mass is 295 g/mol. The van der Waals surface area contributed by atoms with E-state index in [-0.39, 0.29) is 0 Å². The molecule has 0 unspecified atom stereocenters. The van der Waals surface area contributed by atoms with E-state index in [0.29, 0.717) is 16.6 Å². The van der Waals surface area contributed by atoms with Crippen molar-refractivity contribution in [3.05, 3.63) is 57.6 Å². The maximum atomic E-state index is 6.13. The molecule has 0 aliphatic rings. The Morgan fingerprint density at radius 2 is 1.79 bits per heavy atom. The second kappa shape index (κ2) is 6.18. The predicted octanol–water partition coefficient (Wildman–Crippen LogP) is 4.92. The summed E-state index contributed by atoms with van der Waals surface area (Å²) in [4.78, 5) is 0. The van der Waals surface area contributed by atoms with Gasteiger partial charge in [0, 0.05) is 27.8 Å². The molecule has 0 heterocycles. The van der Waals surface area contributed by atoms with E-state index in [1.165, 1.54) is 0 Å². The van der Waals surface area contributed by atoms with Gasteiger partial charge >= 0.3 is 0 Å². The van der Waals surface area contributed by atoms with Gasteiger partial charge in [-0.3, -0.25) is 0 Å². The van der Waals surface area contributed by atoms with Crippen molar-refractivity contribution in [1.29, 1.82) is 0 Å². The zero-order valence-electron chi connectivity index (χ0n) is 10.8. The van der Waals surface area contributed by atoms with Gasteiger partial charge in [0.25, 0.3) is 0 Å². The smallest absolute Gasteiger partial charge is 0.121 e. The number of hydrogen-bond donors (Lipinski definition) is 1. The Labute approximate surface area is 123 Å². The first kappa shape index (κ1) is 14.0. The van der Waals surface area contributed by atoms with Gasteiger partial charge in [-0.1, -0.05) is 29.3 Å². The van der Waals surface area contributed by atoms with Gasteiger partial charge in [-0.15, -0.1) is 0 Å². The highest BCUT2D eigenvalue weighted by molar-refractivity contribution is 6.36. The van der Waals surface area contributed by atoms with Crippen LogP contribution < -0.4 is 10.1 Å². The van der Waals surface area contributed by atoms with Crippen LogP contribution in [0.1, 0.15) is 11.1 Å². The molecule has 19 heavy (non-hydrogen) atoms. The summed E-state index contributed by atoms with van der Waals surface area (Å²) in [6.07, 6.45) is 0. The van der Waals surface area contributed by atoms with E-state index < -0.39 is 0 Å². The lowest BCUT2D eigenvalue weighted by Gasteiger charge is -2.11. The summed E-state index contributed by atoms with van der Waals surface area (Å²) in [5.41, 5.74) is 2.99. The Morgan fingerprint density at radius 1 is 1.11 bits per heavy atom. The van der Waals surface area contributed by atoms with Gasteiger partial charge in [0.15, 0.2) is 0 Å². The van der Waals surface area contributed by atoms with E-state index in [9.17, 15) is 0 Å². The highest BCUT2D eigenvalue weighted by Crippen LogP contribution is 2.26. The third-order valence-corrected chi connectivity index (χ3v) is 3.63. The van der Waals surface area contributed by atoms with Crippen LogP contribution in [-0.2, 0) is 6.54 Å². The molecule has 0 spiro atoms. The summed E-state index contributed by atoms with van der Waals surface area (Å²) in [7, 11) is 1.67. The van der Waals surface area contributed by atoms with Crippen LogP contribution in [0.2, 0.25) is 10.0 Å². The molecule has 2 rings (SSSR count). The molecule has 1 N–H and O–H groups in total. The Hall–Kier alpha value is -1.38. The summed E-state index contributed by atoms with van der Waals surface area (Å²) < 4.78 is 5.23. The maximum absolute atomic E-state index is 6.13. The zero-order chi connectivity index (χ0) is 13.8. The SMILES string of the molecule is COc1ccc(NCc2c(Cl)cccc2Cl)cc1C. The number of anilines is 1. The van der Waals surface area contributed by atoms with Gasteiger partial charge in [0.05, 0.1) is 7.11 Å². The van der Waals surface area contributed by atoms with Crippen LogP contribution in [0, 0.1) is 6.92 Å². The molecule has 0 saturated carbocycles. The Morgan fingerprint density at radius 3 is 2.37 bits per heavy atom. The standard InChI is InChI=1S/C15H15Cl2NO/c1-10-8-11(6-7-15(10)19-2)18-9-12-13(16)4-3-5-14(12)17/h3-8,18H,9H2,1-2H3. The molecule has 0 aliphatic heterocycles. The first-order chi connectivity index (χ1) is 9.11. The molecule has 2 aromatic carbocycles. The first-order valence-corrected chi connectivity index (χ1v) is 6.69. The minimum Gasteiger partial charge on any atom is -0.496 e. The minimum absolute atomic E-state index is 0.588. The van der Waals surface area contributed by atoms with Gasteiger partial charge in [0.1, 0.15) is 5.75 Å². The Bertz CT molecular complexity index is 564. The van der Waals surface area contributed by atoms with Gasteiger partial charge < -0.3 is 10.1 Å².